The van der Waals surface area contributed by atoms with Gasteiger partial charge in [-0.25, -0.2) is 0 Å². The molecule has 0 aliphatic rings. The van der Waals surface area contributed by atoms with Crippen molar-refractivity contribution in [2.75, 3.05) is 0 Å². The first-order chi connectivity index (χ1) is 11.7. The molecule has 0 unspecified atom stereocenters. The molecule has 0 amide bonds. The van der Waals surface area contributed by atoms with E-state index in [-0.39, 0.29) is 0 Å². The van der Waals surface area contributed by atoms with Crippen molar-refractivity contribution in [3.8, 4) is 11.1 Å². The number of hydrogen-bond acceptors (Lipinski definition) is 0. The molecule has 0 aromatic heterocycles. The lowest BCUT2D eigenvalue weighted by atomic mass is 9.91. The van der Waals surface area contributed by atoms with Crippen LogP contribution in [0.15, 0.2) is 81.7 Å². The van der Waals surface area contributed by atoms with Gasteiger partial charge in [0, 0.05) is 8.95 Å². The molecule has 0 heterocycles. The quantitative estimate of drug-likeness (QED) is 0.236. The second-order valence-corrected chi connectivity index (χ2v) is 7.81. The molecule has 0 nitrogen and oxygen atoms in total. The van der Waals surface area contributed by atoms with E-state index in [1.165, 1.54) is 43.4 Å². The Hall–Kier alpha value is -1.90. The Labute approximate surface area is 156 Å². The first kappa shape index (κ1) is 14.4. The minimum absolute atomic E-state index is 1.13. The van der Waals surface area contributed by atoms with Crippen molar-refractivity contribution in [1.82, 2.24) is 0 Å². The summed E-state index contributed by atoms with van der Waals surface area (Å²) in [5.41, 5.74) is 2.52. The van der Waals surface area contributed by atoms with Crippen LogP contribution in [-0.4, -0.2) is 0 Å². The smallest absolute Gasteiger partial charge is 0.0265 e. The van der Waals surface area contributed by atoms with Gasteiger partial charge in [-0.05, 0) is 61.6 Å². The topological polar surface area (TPSA) is 0 Å². The van der Waals surface area contributed by atoms with Gasteiger partial charge < -0.3 is 0 Å². The van der Waals surface area contributed by atoms with E-state index in [9.17, 15) is 0 Å². The predicted octanol–water partition coefficient (Wildman–Crippen LogP) is 7.78. The summed E-state index contributed by atoms with van der Waals surface area (Å²) < 4.78 is 2.26. The van der Waals surface area contributed by atoms with Crippen molar-refractivity contribution >= 4 is 64.2 Å². The highest BCUT2D eigenvalue weighted by molar-refractivity contribution is 9.11. The van der Waals surface area contributed by atoms with Crippen molar-refractivity contribution in [3.05, 3.63) is 81.7 Å². The Kier molecular flexibility index (Phi) is 3.19. The number of halogens is 2. The number of benzene rings is 5. The van der Waals surface area contributed by atoms with Crippen LogP contribution >= 0.6 is 31.9 Å². The molecule has 0 radical (unpaired) electrons. The van der Waals surface area contributed by atoms with Crippen LogP contribution in [0, 0.1) is 0 Å². The molecule has 0 saturated heterocycles. The Morgan fingerprint density at radius 2 is 1.08 bits per heavy atom. The highest BCUT2D eigenvalue weighted by atomic mass is 79.9. The molecule has 0 fully saturated rings. The molecule has 0 bridgehead atoms. The summed E-state index contributed by atoms with van der Waals surface area (Å²) >= 11 is 7.43. The summed E-state index contributed by atoms with van der Waals surface area (Å²) in [4.78, 5) is 0. The highest BCUT2D eigenvalue weighted by Crippen LogP contribution is 2.42. The van der Waals surface area contributed by atoms with Crippen LogP contribution < -0.4 is 0 Å². The number of hydrogen-bond donors (Lipinski definition) is 0. The standard InChI is InChI=1S/C22H12Br2/c23-19-12-20(24)18-9-7-15-11-16(13-4-2-1-3-5-13)10-14-6-8-17(19)22(18)21(14)15/h1-12H. The van der Waals surface area contributed by atoms with Crippen LogP contribution in [-0.2, 0) is 0 Å². The monoisotopic (exact) mass is 434 g/mol. The van der Waals surface area contributed by atoms with Crippen LogP contribution in [0.3, 0.4) is 0 Å². The molecule has 0 aliphatic heterocycles. The fourth-order valence-electron chi connectivity index (χ4n) is 3.63. The minimum atomic E-state index is 1.13. The molecule has 0 aliphatic carbocycles. The van der Waals surface area contributed by atoms with Gasteiger partial charge in [0.2, 0.25) is 0 Å². The van der Waals surface area contributed by atoms with Crippen molar-refractivity contribution in [2.45, 2.75) is 0 Å². The van der Waals surface area contributed by atoms with Crippen molar-refractivity contribution in [3.63, 3.8) is 0 Å². The maximum absolute atomic E-state index is 3.71. The minimum Gasteiger partial charge on any atom is -0.0622 e. The third kappa shape index (κ3) is 2.03. The first-order valence-electron chi connectivity index (χ1n) is 7.84. The molecule has 0 saturated carbocycles. The molecular formula is C22H12Br2. The van der Waals surface area contributed by atoms with E-state index < -0.39 is 0 Å². The molecule has 2 heteroatoms. The molecule has 0 atom stereocenters. The third-order valence-corrected chi connectivity index (χ3v) is 6.03. The third-order valence-electron chi connectivity index (χ3n) is 4.72. The Balaban J connectivity index is 1.96. The maximum atomic E-state index is 3.71. The van der Waals surface area contributed by atoms with Crippen molar-refractivity contribution < 1.29 is 0 Å². The lowest BCUT2D eigenvalue weighted by Gasteiger charge is -2.14. The molecule has 114 valence electrons. The SMILES string of the molecule is Brc1cc(Br)c2ccc3cc(-c4ccccc4)cc4ccc1c2c43. The van der Waals surface area contributed by atoms with E-state index in [1.54, 1.807) is 0 Å². The van der Waals surface area contributed by atoms with E-state index in [1.807, 2.05) is 0 Å². The van der Waals surface area contributed by atoms with Gasteiger partial charge >= 0.3 is 0 Å². The average molecular weight is 436 g/mol. The zero-order valence-corrected chi connectivity index (χ0v) is 15.9. The molecule has 5 aromatic rings. The fraction of sp³-hybridized carbons (Fsp3) is 0. The van der Waals surface area contributed by atoms with E-state index >= 15 is 0 Å². The number of rotatable bonds is 1. The van der Waals surface area contributed by atoms with E-state index in [4.69, 9.17) is 0 Å². The normalized spacial score (nSPS) is 11.8. The zero-order valence-electron chi connectivity index (χ0n) is 12.7. The van der Waals surface area contributed by atoms with Gasteiger partial charge in [0.05, 0.1) is 0 Å². The van der Waals surface area contributed by atoms with E-state index in [0.29, 0.717) is 0 Å². The summed E-state index contributed by atoms with van der Waals surface area (Å²) in [5.74, 6) is 0. The van der Waals surface area contributed by atoms with E-state index in [2.05, 4.69) is 105 Å². The van der Waals surface area contributed by atoms with Gasteiger partial charge in [-0.3, -0.25) is 0 Å². The second-order valence-electron chi connectivity index (χ2n) is 6.10. The maximum Gasteiger partial charge on any atom is 0.0265 e. The molecule has 5 aromatic carbocycles. The van der Waals surface area contributed by atoms with Crippen molar-refractivity contribution in [1.29, 1.82) is 0 Å². The molecule has 24 heavy (non-hydrogen) atoms. The van der Waals surface area contributed by atoms with Crippen LogP contribution in [0.25, 0.3) is 43.4 Å². The van der Waals surface area contributed by atoms with Gasteiger partial charge in [-0.2, -0.15) is 0 Å². The van der Waals surface area contributed by atoms with Gasteiger partial charge in [0.25, 0.3) is 0 Å². The molecule has 0 N–H and O–H groups in total. The Morgan fingerprint density at radius 1 is 0.500 bits per heavy atom. The van der Waals surface area contributed by atoms with Crippen molar-refractivity contribution in [2.24, 2.45) is 0 Å². The summed E-state index contributed by atoms with van der Waals surface area (Å²) in [6, 6.07) is 26.2. The lowest BCUT2D eigenvalue weighted by molar-refractivity contribution is 1.65. The zero-order chi connectivity index (χ0) is 16.3. The summed E-state index contributed by atoms with van der Waals surface area (Å²) in [7, 11) is 0. The summed E-state index contributed by atoms with van der Waals surface area (Å²) in [6.07, 6.45) is 0. The van der Waals surface area contributed by atoms with Crippen LogP contribution in [0.2, 0.25) is 0 Å². The highest BCUT2D eigenvalue weighted by Gasteiger charge is 2.13. The molecular weight excluding hydrogens is 424 g/mol. The lowest BCUT2D eigenvalue weighted by Crippen LogP contribution is -1.87. The van der Waals surface area contributed by atoms with Crippen LogP contribution in [0.5, 0.6) is 0 Å². The molecule has 5 rings (SSSR count). The molecule has 0 spiro atoms. The Bertz CT molecular complexity index is 1140. The van der Waals surface area contributed by atoms with Gasteiger partial charge in [-0.15, -0.1) is 0 Å². The summed E-state index contributed by atoms with van der Waals surface area (Å²) in [6.45, 7) is 0. The first-order valence-corrected chi connectivity index (χ1v) is 9.43. The second kappa shape index (κ2) is 5.30. The van der Waals surface area contributed by atoms with Crippen LogP contribution in [0.1, 0.15) is 0 Å². The predicted molar refractivity (Wildman–Crippen MR) is 111 cm³/mol. The van der Waals surface area contributed by atoms with Crippen LogP contribution in [0.4, 0.5) is 0 Å². The van der Waals surface area contributed by atoms with Gasteiger partial charge in [0.1, 0.15) is 0 Å². The summed E-state index contributed by atoms with van der Waals surface area (Å²) in [5, 5.41) is 7.76. The fourth-order valence-corrected chi connectivity index (χ4v) is 5.05. The Morgan fingerprint density at radius 3 is 1.67 bits per heavy atom. The average Bonchev–Trinajstić information content (AvgIpc) is 2.62. The largest absolute Gasteiger partial charge is 0.0622 e. The van der Waals surface area contributed by atoms with E-state index in [0.717, 1.165) is 8.95 Å². The van der Waals surface area contributed by atoms with Gasteiger partial charge in [0.15, 0.2) is 0 Å². The van der Waals surface area contributed by atoms with Gasteiger partial charge in [-0.1, -0.05) is 86.5 Å².